The predicted molar refractivity (Wildman–Crippen MR) is 96.3 cm³/mol. The second-order valence-electron chi connectivity index (χ2n) is 5.04. The fourth-order valence-electron chi connectivity index (χ4n) is 2.01. The number of hydrogen-bond donors (Lipinski definition) is 3. The zero-order chi connectivity index (χ0) is 17.4. The maximum absolute atomic E-state index is 12.0. The van der Waals surface area contributed by atoms with Gasteiger partial charge in [-0.3, -0.25) is 4.79 Å². The summed E-state index contributed by atoms with van der Waals surface area (Å²) < 4.78 is 0. The Labute approximate surface area is 145 Å². The number of carbonyl (C=O) groups excluding carboxylic acids is 1. The number of nitrogens with two attached hydrogens (primary N) is 1. The summed E-state index contributed by atoms with van der Waals surface area (Å²) in [6, 6.07) is 16.6. The van der Waals surface area contributed by atoms with E-state index in [2.05, 4.69) is 10.6 Å². The minimum Gasteiger partial charge on any atom is -0.399 e. The molecule has 4 N–H and O–H groups in total. The van der Waals surface area contributed by atoms with E-state index in [1.54, 1.807) is 18.2 Å². The summed E-state index contributed by atoms with van der Waals surface area (Å²) >= 11 is 6.03. The van der Waals surface area contributed by atoms with Crippen molar-refractivity contribution in [1.29, 1.82) is 5.26 Å². The van der Waals surface area contributed by atoms with E-state index in [0.717, 1.165) is 5.56 Å². The van der Waals surface area contributed by atoms with Crippen LogP contribution in [0.15, 0.2) is 60.3 Å². The van der Waals surface area contributed by atoms with Crippen LogP contribution >= 0.6 is 11.6 Å². The van der Waals surface area contributed by atoms with Gasteiger partial charge in [-0.05, 0) is 30.2 Å². The van der Waals surface area contributed by atoms with Crippen LogP contribution in [0.2, 0.25) is 5.02 Å². The molecule has 2 aromatic carbocycles. The molecule has 1 amide bonds. The second-order valence-corrected chi connectivity index (χ2v) is 5.45. The van der Waals surface area contributed by atoms with Crippen molar-refractivity contribution >= 4 is 28.9 Å². The molecule has 5 nitrogen and oxygen atoms in total. The van der Waals surface area contributed by atoms with Crippen molar-refractivity contribution in [2.24, 2.45) is 0 Å². The molecule has 0 atom stereocenters. The number of halogens is 1. The summed E-state index contributed by atoms with van der Waals surface area (Å²) in [5, 5.41) is 15.1. The molecule has 0 aliphatic rings. The van der Waals surface area contributed by atoms with E-state index >= 15 is 0 Å². The highest BCUT2D eigenvalue weighted by Crippen LogP contribution is 2.24. The Morgan fingerprint density at radius 2 is 2.00 bits per heavy atom. The molecule has 2 rings (SSSR count). The molecule has 0 saturated heterocycles. The van der Waals surface area contributed by atoms with E-state index in [1.807, 2.05) is 36.4 Å². The van der Waals surface area contributed by atoms with Crippen molar-refractivity contribution < 1.29 is 4.79 Å². The largest absolute Gasteiger partial charge is 0.399 e. The standard InChI is InChI=1S/C18H17ClN4O/c19-16-10-15(21)6-7-17(16)23-12-14(11-20)18(24)22-9-8-13-4-2-1-3-5-13/h1-7,10,12,23H,8-9,21H2,(H,22,24)/b14-12-. The first-order valence-corrected chi connectivity index (χ1v) is 7.72. The molecule has 2 aromatic rings. The molecule has 24 heavy (non-hydrogen) atoms. The molecule has 0 spiro atoms. The molecule has 0 bridgehead atoms. The zero-order valence-electron chi connectivity index (χ0n) is 12.9. The van der Waals surface area contributed by atoms with Gasteiger partial charge in [0.15, 0.2) is 0 Å². The molecule has 0 aromatic heterocycles. The van der Waals surface area contributed by atoms with Gasteiger partial charge in [0, 0.05) is 18.4 Å². The number of nitrogens with one attached hydrogen (secondary N) is 2. The highest BCUT2D eigenvalue weighted by molar-refractivity contribution is 6.33. The Morgan fingerprint density at radius 1 is 1.25 bits per heavy atom. The Hall–Kier alpha value is -2.97. The lowest BCUT2D eigenvalue weighted by atomic mass is 10.1. The fraction of sp³-hybridized carbons (Fsp3) is 0.111. The summed E-state index contributed by atoms with van der Waals surface area (Å²) in [5.41, 5.74) is 7.80. The van der Waals surface area contributed by atoms with Crippen LogP contribution in [0, 0.1) is 11.3 Å². The Bertz CT molecular complexity index is 781. The van der Waals surface area contributed by atoms with Crippen molar-refractivity contribution in [1.82, 2.24) is 5.32 Å². The molecule has 6 heteroatoms. The van der Waals surface area contributed by atoms with Gasteiger partial charge in [0.1, 0.15) is 11.6 Å². The van der Waals surface area contributed by atoms with E-state index < -0.39 is 5.91 Å². The maximum Gasteiger partial charge on any atom is 0.263 e. The second kappa shape index (κ2) is 8.61. The number of nitrogens with zero attached hydrogens (tertiary/aromatic N) is 1. The summed E-state index contributed by atoms with van der Waals surface area (Å²) in [7, 11) is 0. The molecule has 0 saturated carbocycles. The lowest BCUT2D eigenvalue weighted by molar-refractivity contribution is -0.117. The number of amides is 1. The Balaban J connectivity index is 1.92. The van der Waals surface area contributed by atoms with Crippen LogP contribution in [0.1, 0.15) is 5.56 Å². The maximum atomic E-state index is 12.0. The first kappa shape index (κ1) is 17.4. The van der Waals surface area contributed by atoms with E-state index in [-0.39, 0.29) is 5.57 Å². The van der Waals surface area contributed by atoms with Crippen LogP contribution in [0.4, 0.5) is 11.4 Å². The van der Waals surface area contributed by atoms with Crippen molar-refractivity contribution in [3.05, 3.63) is 70.9 Å². The van der Waals surface area contributed by atoms with Crippen LogP contribution in [-0.2, 0) is 11.2 Å². The molecule has 0 aliphatic heterocycles. The number of benzene rings is 2. The van der Waals surface area contributed by atoms with Crippen molar-refractivity contribution in [3.8, 4) is 6.07 Å². The molecule has 122 valence electrons. The number of nitrogen functional groups attached to an aromatic ring is 1. The first-order chi connectivity index (χ1) is 11.6. The molecule has 0 radical (unpaired) electrons. The van der Waals surface area contributed by atoms with E-state index in [1.165, 1.54) is 6.20 Å². The molecular formula is C18H17ClN4O. The van der Waals surface area contributed by atoms with Gasteiger partial charge in [0.25, 0.3) is 5.91 Å². The smallest absolute Gasteiger partial charge is 0.263 e. The number of anilines is 2. The fourth-order valence-corrected chi connectivity index (χ4v) is 2.25. The number of hydrogen-bond acceptors (Lipinski definition) is 4. The van der Waals surface area contributed by atoms with Gasteiger partial charge in [0.2, 0.25) is 0 Å². The molecule has 0 fully saturated rings. The monoisotopic (exact) mass is 340 g/mol. The van der Waals surface area contributed by atoms with Crippen LogP contribution < -0.4 is 16.4 Å². The van der Waals surface area contributed by atoms with Gasteiger partial charge in [-0.25, -0.2) is 0 Å². The van der Waals surface area contributed by atoms with E-state index in [9.17, 15) is 4.79 Å². The van der Waals surface area contributed by atoms with E-state index in [0.29, 0.717) is 29.4 Å². The van der Waals surface area contributed by atoms with Crippen molar-refractivity contribution in [2.45, 2.75) is 6.42 Å². The molecular weight excluding hydrogens is 324 g/mol. The zero-order valence-corrected chi connectivity index (χ0v) is 13.7. The predicted octanol–water partition coefficient (Wildman–Crippen LogP) is 3.10. The minimum absolute atomic E-state index is 0.0315. The molecule has 0 aliphatic carbocycles. The van der Waals surface area contributed by atoms with Crippen LogP contribution in [0.25, 0.3) is 0 Å². The third-order valence-corrected chi connectivity index (χ3v) is 3.58. The normalized spacial score (nSPS) is 10.8. The first-order valence-electron chi connectivity index (χ1n) is 7.34. The third-order valence-electron chi connectivity index (χ3n) is 3.27. The number of rotatable bonds is 6. The minimum atomic E-state index is -0.438. The van der Waals surface area contributed by atoms with Gasteiger partial charge < -0.3 is 16.4 Å². The van der Waals surface area contributed by atoms with Gasteiger partial charge in [-0.15, -0.1) is 0 Å². The number of carbonyl (C=O) groups is 1. The third kappa shape index (κ3) is 5.04. The van der Waals surface area contributed by atoms with Gasteiger partial charge >= 0.3 is 0 Å². The Morgan fingerprint density at radius 3 is 2.67 bits per heavy atom. The summed E-state index contributed by atoms with van der Waals surface area (Å²) in [5.74, 6) is -0.438. The average Bonchev–Trinajstić information content (AvgIpc) is 2.58. The van der Waals surface area contributed by atoms with Crippen molar-refractivity contribution in [2.75, 3.05) is 17.6 Å². The summed E-state index contributed by atoms with van der Waals surface area (Å²) in [6.07, 6.45) is 2.03. The lowest BCUT2D eigenvalue weighted by Crippen LogP contribution is -2.27. The van der Waals surface area contributed by atoms with E-state index in [4.69, 9.17) is 22.6 Å². The van der Waals surface area contributed by atoms with Crippen LogP contribution in [-0.4, -0.2) is 12.5 Å². The van der Waals surface area contributed by atoms with Gasteiger partial charge in [0.05, 0.1) is 10.7 Å². The van der Waals surface area contributed by atoms with Crippen LogP contribution in [0.5, 0.6) is 0 Å². The van der Waals surface area contributed by atoms with Gasteiger partial charge in [-0.1, -0.05) is 41.9 Å². The summed E-state index contributed by atoms with van der Waals surface area (Å²) in [6.45, 7) is 0.449. The lowest BCUT2D eigenvalue weighted by Gasteiger charge is -2.07. The topological polar surface area (TPSA) is 90.9 Å². The molecule has 0 heterocycles. The summed E-state index contributed by atoms with van der Waals surface area (Å²) in [4.78, 5) is 12.0. The Kier molecular flexibility index (Phi) is 6.23. The highest BCUT2D eigenvalue weighted by atomic mass is 35.5. The molecule has 0 unspecified atom stereocenters. The SMILES string of the molecule is N#C/C(=C/Nc1ccc(N)cc1Cl)C(=O)NCCc1ccccc1. The van der Waals surface area contributed by atoms with Crippen molar-refractivity contribution in [3.63, 3.8) is 0 Å². The van der Waals surface area contributed by atoms with Gasteiger partial charge in [-0.2, -0.15) is 5.26 Å². The highest BCUT2D eigenvalue weighted by Gasteiger charge is 2.08. The number of nitriles is 1. The quantitative estimate of drug-likeness (QED) is 0.428. The van der Waals surface area contributed by atoms with Crippen LogP contribution in [0.3, 0.4) is 0 Å². The average molecular weight is 341 g/mol.